The molecule has 0 fully saturated rings. The van der Waals surface area contributed by atoms with E-state index in [4.69, 9.17) is 4.74 Å². The van der Waals surface area contributed by atoms with Gasteiger partial charge >= 0.3 is 0 Å². The molecule has 3 aromatic rings. The molecule has 0 radical (unpaired) electrons. The van der Waals surface area contributed by atoms with Gasteiger partial charge in [-0.05, 0) is 30.2 Å². The van der Waals surface area contributed by atoms with Crippen LogP contribution in [0.1, 0.15) is 11.1 Å². The molecule has 6 nitrogen and oxygen atoms in total. The maximum Gasteiger partial charge on any atom is 0.243 e. The fraction of sp³-hybridized carbons (Fsp3) is 0.208. The number of hydrogen-bond acceptors (Lipinski definition) is 4. The minimum atomic E-state index is -3.81. The lowest BCUT2D eigenvalue weighted by Crippen LogP contribution is -2.41. The fourth-order valence-corrected chi connectivity index (χ4v) is 4.60. The van der Waals surface area contributed by atoms with E-state index in [-0.39, 0.29) is 30.4 Å². The number of benzene rings is 3. The van der Waals surface area contributed by atoms with Crippen molar-refractivity contribution in [1.82, 2.24) is 9.62 Å². The molecule has 0 heterocycles. The van der Waals surface area contributed by atoms with Crippen molar-refractivity contribution in [2.24, 2.45) is 0 Å². The first-order valence-electron chi connectivity index (χ1n) is 9.98. The first kappa shape index (κ1) is 22.5. The standard InChI is InChI=1S/C24H26N2O4S/c1-30-23-15-9-8-12-21(23)18-25-24(27)19-26(17-16-20-10-4-2-5-11-20)31(28,29)22-13-6-3-7-14-22/h2-15H,16-19H2,1H3,(H,25,27). The van der Waals surface area contributed by atoms with Gasteiger partial charge in [0.2, 0.25) is 15.9 Å². The van der Waals surface area contributed by atoms with Gasteiger partial charge in [-0.1, -0.05) is 66.7 Å². The van der Waals surface area contributed by atoms with E-state index >= 15 is 0 Å². The van der Waals surface area contributed by atoms with E-state index in [1.54, 1.807) is 25.3 Å². The van der Waals surface area contributed by atoms with Crippen molar-refractivity contribution < 1.29 is 17.9 Å². The average Bonchev–Trinajstić information content (AvgIpc) is 2.81. The molecule has 3 aromatic carbocycles. The van der Waals surface area contributed by atoms with Gasteiger partial charge in [0.15, 0.2) is 0 Å². The van der Waals surface area contributed by atoms with E-state index in [9.17, 15) is 13.2 Å². The van der Waals surface area contributed by atoms with Crippen LogP contribution < -0.4 is 10.1 Å². The molecule has 0 unspecified atom stereocenters. The summed E-state index contributed by atoms with van der Waals surface area (Å²) >= 11 is 0. The lowest BCUT2D eigenvalue weighted by Gasteiger charge is -2.22. The Morgan fingerprint density at radius 1 is 0.903 bits per heavy atom. The van der Waals surface area contributed by atoms with Crippen molar-refractivity contribution in [1.29, 1.82) is 0 Å². The highest BCUT2D eigenvalue weighted by molar-refractivity contribution is 7.89. The zero-order chi connectivity index (χ0) is 22.1. The van der Waals surface area contributed by atoms with Crippen molar-refractivity contribution >= 4 is 15.9 Å². The number of nitrogens with one attached hydrogen (secondary N) is 1. The van der Waals surface area contributed by atoms with E-state index in [1.807, 2.05) is 54.6 Å². The topological polar surface area (TPSA) is 75.7 Å². The van der Waals surface area contributed by atoms with Gasteiger partial charge in [0.05, 0.1) is 18.6 Å². The van der Waals surface area contributed by atoms with Gasteiger partial charge in [-0.15, -0.1) is 0 Å². The van der Waals surface area contributed by atoms with Gasteiger partial charge in [0, 0.05) is 18.7 Å². The molecule has 0 atom stereocenters. The molecule has 0 saturated carbocycles. The van der Waals surface area contributed by atoms with Crippen LogP contribution in [0.25, 0.3) is 0 Å². The number of carbonyl (C=O) groups is 1. The number of amides is 1. The van der Waals surface area contributed by atoms with Crippen LogP contribution >= 0.6 is 0 Å². The first-order chi connectivity index (χ1) is 15.0. The molecule has 7 heteroatoms. The van der Waals surface area contributed by atoms with Gasteiger partial charge in [-0.3, -0.25) is 4.79 Å². The minimum Gasteiger partial charge on any atom is -0.496 e. The number of carbonyl (C=O) groups excluding carboxylic acids is 1. The number of rotatable bonds is 10. The lowest BCUT2D eigenvalue weighted by atomic mass is 10.1. The normalized spacial score (nSPS) is 11.3. The van der Waals surface area contributed by atoms with Gasteiger partial charge in [0.25, 0.3) is 0 Å². The monoisotopic (exact) mass is 438 g/mol. The summed E-state index contributed by atoms with van der Waals surface area (Å²) in [5.41, 5.74) is 1.82. The molecular weight excluding hydrogens is 412 g/mol. The maximum absolute atomic E-state index is 13.2. The lowest BCUT2D eigenvalue weighted by molar-refractivity contribution is -0.121. The quantitative estimate of drug-likeness (QED) is 0.527. The third-order valence-electron chi connectivity index (χ3n) is 4.86. The first-order valence-corrected chi connectivity index (χ1v) is 11.4. The highest BCUT2D eigenvalue weighted by Crippen LogP contribution is 2.18. The number of hydrogen-bond donors (Lipinski definition) is 1. The SMILES string of the molecule is COc1ccccc1CNC(=O)CN(CCc1ccccc1)S(=O)(=O)c1ccccc1. The molecule has 0 aromatic heterocycles. The molecule has 3 rings (SSSR count). The number of nitrogens with zero attached hydrogens (tertiary/aromatic N) is 1. The number of methoxy groups -OCH3 is 1. The van der Waals surface area contributed by atoms with Crippen LogP contribution in [0.15, 0.2) is 89.8 Å². The Balaban J connectivity index is 1.73. The van der Waals surface area contributed by atoms with Crippen molar-refractivity contribution in [3.63, 3.8) is 0 Å². The smallest absolute Gasteiger partial charge is 0.243 e. The summed E-state index contributed by atoms with van der Waals surface area (Å²) < 4.78 is 32.9. The Morgan fingerprint density at radius 2 is 1.52 bits per heavy atom. The van der Waals surface area contributed by atoms with Crippen molar-refractivity contribution in [2.45, 2.75) is 17.9 Å². The highest BCUT2D eigenvalue weighted by Gasteiger charge is 2.26. The Kier molecular flexibility index (Phi) is 7.81. The Labute approximate surface area is 183 Å². The Morgan fingerprint density at radius 3 is 2.19 bits per heavy atom. The second kappa shape index (κ2) is 10.7. The summed E-state index contributed by atoms with van der Waals surface area (Å²) in [5, 5.41) is 2.80. The summed E-state index contributed by atoms with van der Waals surface area (Å²) in [6.07, 6.45) is 0.507. The van der Waals surface area contributed by atoms with E-state index in [1.165, 1.54) is 16.4 Å². The van der Waals surface area contributed by atoms with Crippen molar-refractivity contribution in [3.05, 3.63) is 96.1 Å². The largest absolute Gasteiger partial charge is 0.496 e. The third-order valence-corrected chi connectivity index (χ3v) is 6.72. The predicted molar refractivity (Wildman–Crippen MR) is 120 cm³/mol. The molecule has 0 aliphatic rings. The second-order valence-electron chi connectivity index (χ2n) is 6.98. The van der Waals surface area contributed by atoms with Crippen molar-refractivity contribution in [2.75, 3.05) is 20.2 Å². The van der Waals surface area contributed by atoms with Crippen LogP contribution in [0.3, 0.4) is 0 Å². The molecule has 1 amide bonds. The summed E-state index contributed by atoms with van der Waals surface area (Å²) in [5.74, 6) is 0.291. The van der Waals surface area contributed by atoms with Crippen molar-refractivity contribution in [3.8, 4) is 5.75 Å². The van der Waals surface area contributed by atoms with Crippen LogP contribution in [-0.2, 0) is 27.8 Å². The van der Waals surface area contributed by atoms with Gasteiger partial charge in [-0.25, -0.2) is 8.42 Å². The molecule has 0 aliphatic heterocycles. The minimum absolute atomic E-state index is 0.167. The fourth-order valence-electron chi connectivity index (χ4n) is 3.18. The number of para-hydroxylation sites is 1. The number of sulfonamides is 1. The molecule has 0 spiro atoms. The second-order valence-corrected chi connectivity index (χ2v) is 8.91. The van der Waals surface area contributed by atoms with Crippen LogP contribution in [0.5, 0.6) is 5.75 Å². The highest BCUT2D eigenvalue weighted by atomic mass is 32.2. The van der Waals surface area contributed by atoms with Crippen LogP contribution in [-0.4, -0.2) is 38.8 Å². The molecule has 0 aliphatic carbocycles. The summed E-state index contributed by atoms with van der Waals surface area (Å²) in [7, 11) is -2.25. The summed E-state index contributed by atoms with van der Waals surface area (Å²) in [4.78, 5) is 12.8. The average molecular weight is 439 g/mol. The molecule has 0 saturated heterocycles. The third kappa shape index (κ3) is 6.16. The molecule has 162 valence electrons. The Bertz CT molecular complexity index is 1090. The molecule has 0 bridgehead atoms. The molecular formula is C24H26N2O4S. The van der Waals surface area contributed by atoms with E-state index < -0.39 is 10.0 Å². The van der Waals surface area contributed by atoms with E-state index in [0.717, 1.165) is 11.1 Å². The van der Waals surface area contributed by atoms with Gasteiger partial charge in [-0.2, -0.15) is 4.31 Å². The van der Waals surface area contributed by atoms with Crippen LogP contribution in [0.2, 0.25) is 0 Å². The zero-order valence-electron chi connectivity index (χ0n) is 17.4. The zero-order valence-corrected chi connectivity index (χ0v) is 18.2. The predicted octanol–water partition coefficient (Wildman–Crippen LogP) is 3.25. The summed E-state index contributed by atoms with van der Waals surface area (Å²) in [6.45, 7) is 0.184. The van der Waals surface area contributed by atoms with Gasteiger partial charge in [0.1, 0.15) is 5.75 Å². The Hall–Kier alpha value is -3.16. The van der Waals surface area contributed by atoms with Gasteiger partial charge < -0.3 is 10.1 Å². The van der Waals surface area contributed by atoms with Crippen LogP contribution in [0.4, 0.5) is 0 Å². The molecule has 31 heavy (non-hydrogen) atoms. The van der Waals surface area contributed by atoms with Crippen LogP contribution in [0, 0.1) is 0 Å². The van der Waals surface area contributed by atoms with E-state index in [2.05, 4.69) is 5.32 Å². The maximum atomic E-state index is 13.2. The van der Waals surface area contributed by atoms with E-state index in [0.29, 0.717) is 12.2 Å². The number of ether oxygens (including phenoxy) is 1. The summed E-state index contributed by atoms with van der Waals surface area (Å²) in [6, 6.07) is 25.2. The molecule has 1 N–H and O–H groups in total.